The molecule has 26 heavy (non-hydrogen) atoms. The lowest BCUT2D eigenvalue weighted by molar-refractivity contribution is -0.114. The molecule has 2 aliphatic carbocycles. The first kappa shape index (κ1) is 18.8. The predicted octanol–water partition coefficient (Wildman–Crippen LogP) is 5.65. The Labute approximate surface area is 157 Å². The SMILES string of the molecule is C[C@@H]1[C@@H](C(=O)c2ccccc2)C12C=C(C(C)(C)C)C(=O)C(C(C)(C)C)=C2. The number of carbonyl (C=O) groups is 2. The quantitative estimate of drug-likeness (QED) is 0.646. The summed E-state index contributed by atoms with van der Waals surface area (Å²) in [6, 6.07) is 9.52. The third kappa shape index (κ3) is 2.90. The monoisotopic (exact) mass is 350 g/mol. The van der Waals surface area contributed by atoms with E-state index in [9.17, 15) is 9.59 Å². The van der Waals surface area contributed by atoms with Crippen LogP contribution in [0.15, 0.2) is 53.6 Å². The molecular weight excluding hydrogens is 320 g/mol. The Kier molecular flexibility index (Phi) is 4.18. The highest BCUT2D eigenvalue weighted by atomic mass is 16.1. The highest BCUT2D eigenvalue weighted by Gasteiger charge is 2.64. The minimum absolute atomic E-state index is 0.0901. The van der Waals surface area contributed by atoms with Crippen LogP contribution in [0.5, 0.6) is 0 Å². The van der Waals surface area contributed by atoms with Crippen LogP contribution < -0.4 is 0 Å². The van der Waals surface area contributed by atoms with Crippen molar-refractivity contribution in [3.05, 3.63) is 59.2 Å². The van der Waals surface area contributed by atoms with Gasteiger partial charge in [-0.25, -0.2) is 0 Å². The largest absolute Gasteiger partial charge is 0.294 e. The van der Waals surface area contributed by atoms with E-state index in [0.29, 0.717) is 0 Å². The maximum Gasteiger partial charge on any atom is 0.185 e. The molecule has 1 spiro atoms. The lowest BCUT2D eigenvalue weighted by atomic mass is 9.69. The first-order valence-corrected chi connectivity index (χ1v) is 9.50. The molecule has 138 valence electrons. The Morgan fingerprint density at radius 3 is 1.77 bits per heavy atom. The summed E-state index contributed by atoms with van der Waals surface area (Å²) in [4.78, 5) is 26.3. The molecule has 0 N–H and O–H groups in total. The van der Waals surface area contributed by atoms with E-state index in [1.54, 1.807) is 0 Å². The smallest absolute Gasteiger partial charge is 0.185 e. The zero-order valence-electron chi connectivity index (χ0n) is 17.0. The molecule has 0 heterocycles. The van der Waals surface area contributed by atoms with E-state index >= 15 is 0 Å². The van der Waals surface area contributed by atoms with E-state index in [1.165, 1.54) is 0 Å². The maximum atomic E-state index is 13.2. The maximum absolute atomic E-state index is 13.2. The number of benzene rings is 1. The van der Waals surface area contributed by atoms with Gasteiger partial charge in [0, 0.05) is 28.0 Å². The number of hydrogen-bond acceptors (Lipinski definition) is 2. The van der Waals surface area contributed by atoms with Gasteiger partial charge in [0.05, 0.1) is 0 Å². The van der Waals surface area contributed by atoms with Gasteiger partial charge >= 0.3 is 0 Å². The lowest BCUT2D eigenvalue weighted by Gasteiger charge is -2.34. The van der Waals surface area contributed by atoms with Gasteiger partial charge in [-0.3, -0.25) is 9.59 Å². The molecule has 3 rings (SSSR count). The molecule has 1 aromatic carbocycles. The highest BCUT2D eigenvalue weighted by molar-refractivity contribution is 6.12. The highest BCUT2D eigenvalue weighted by Crippen LogP contribution is 2.65. The summed E-state index contributed by atoms with van der Waals surface area (Å²) >= 11 is 0. The van der Waals surface area contributed by atoms with Gasteiger partial charge in [-0.1, -0.05) is 91.0 Å². The lowest BCUT2D eigenvalue weighted by Crippen LogP contribution is -2.31. The Hall–Kier alpha value is -1.96. The standard InChI is InChI=1S/C24H30O2/c1-15-19(20(25)16-11-9-8-10-12-16)24(15)13-17(22(2,3)4)21(26)18(14-24)23(5,6)7/h8-15,19H,1-7H3/t15-,19+/m1/s1. The molecule has 0 bridgehead atoms. The summed E-state index contributed by atoms with van der Waals surface area (Å²) in [6.45, 7) is 14.6. The molecule has 0 radical (unpaired) electrons. The van der Waals surface area contributed by atoms with Gasteiger partial charge < -0.3 is 0 Å². The molecule has 2 heteroatoms. The van der Waals surface area contributed by atoms with Crippen molar-refractivity contribution in [2.45, 2.75) is 48.5 Å². The van der Waals surface area contributed by atoms with Crippen LogP contribution >= 0.6 is 0 Å². The zero-order chi connectivity index (χ0) is 19.5. The van der Waals surface area contributed by atoms with Crippen LogP contribution in [0, 0.1) is 28.1 Å². The van der Waals surface area contributed by atoms with Crippen LogP contribution in [-0.2, 0) is 4.79 Å². The minimum atomic E-state index is -0.327. The molecule has 2 aliphatic rings. The van der Waals surface area contributed by atoms with Crippen LogP contribution in [0.1, 0.15) is 58.8 Å². The second-order valence-corrected chi connectivity index (χ2v) is 9.94. The summed E-state index contributed by atoms with van der Waals surface area (Å²) in [5.41, 5.74) is 1.65. The Balaban J connectivity index is 2.10. The van der Waals surface area contributed by atoms with Crippen molar-refractivity contribution < 1.29 is 9.59 Å². The van der Waals surface area contributed by atoms with Gasteiger partial charge in [0.25, 0.3) is 0 Å². The minimum Gasteiger partial charge on any atom is -0.294 e. The van der Waals surface area contributed by atoms with Crippen LogP contribution in [0.4, 0.5) is 0 Å². The van der Waals surface area contributed by atoms with Crippen LogP contribution in [0.25, 0.3) is 0 Å². The van der Waals surface area contributed by atoms with Crippen molar-refractivity contribution in [3.63, 3.8) is 0 Å². The third-order valence-corrected chi connectivity index (χ3v) is 5.95. The normalized spacial score (nSPS) is 25.0. The molecule has 0 aliphatic heterocycles. The van der Waals surface area contributed by atoms with Crippen molar-refractivity contribution in [2.75, 3.05) is 0 Å². The fourth-order valence-electron chi connectivity index (χ4n) is 4.22. The van der Waals surface area contributed by atoms with E-state index in [1.807, 2.05) is 30.3 Å². The molecule has 2 nitrogen and oxygen atoms in total. The van der Waals surface area contributed by atoms with Crippen LogP contribution in [-0.4, -0.2) is 11.6 Å². The first-order valence-electron chi connectivity index (χ1n) is 9.50. The van der Waals surface area contributed by atoms with E-state index in [-0.39, 0.29) is 39.6 Å². The van der Waals surface area contributed by atoms with Gasteiger partial charge in [0.15, 0.2) is 11.6 Å². The number of ketones is 2. The van der Waals surface area contributed by atoms with Gasteiger partial charge in [0.2, 0.25) is 0 Å². The van der Waals surface area contributed by atoms with E-state index < -0.39 is 0 Å². The first-order chi connectivity index (χ1) is 11.9. The number of hydrogen-bond donors (Lipinski definition) is 0. The van der Waals surface area contributed by atoms with Crippen molar-refractivity contribution in [2.24, 2.45) is 28.1 Å². The van der Waals surface area contributed by atoms with Gasteiger partial charge in [0.1, 0.15) is 0 Å². The summed E-state index contributed by atoms with van der Waals surface area (Å²) in [5, 5.41) is 0. The zero-order valence-corrected chi connectivity index (χ0v) is 17.0. The molecular formula is C24H30O2. The Morgan fingerprint density at radius 1 is 0.885 bits per heavy atom. The molecule has 2 atom stereocenters. The second-order valence-electron chi connectivity index (χ2n) is 9.94. The number of rotatable bonds is 2. The van der Waals surface area contributed by atoms with Gasteiger partial charge in [-0.2, -0.15) is 0 Å². The van der Waals surface area contributed by atoms with E-state index in [2.05, 4.69) is 60.6 Å². The molecule has 1 fully saturated rings. The summed E-state index contributed by atoms with van der Waals surface area (Å²) in [7, 11) is 0. The molecule has 0 aromatic heterocycles. The summed E-state index contributed by atoms with van der Waals surface area (Å²) < 4.78 is 0. The second kappa shape index (κ2) is 5.77. The van der Waals surface area contributed by atoms with Crippen molar-refractivity contribution >= 4 is 11.6 Å². The number of allylic oxidation sites excluding steroid dienone is 4. The van der Waals surface area contributed by atoms with Crippen LogP contribution in [0.2, 0.25) is 0 Å². The number of carbonyl (C=O) groups excluding carboxylic acids is 2. The Morgan fingerprint density at radius 2 is 1.35 bits per heavy atom. The molecule has 0 amide bonds. The fourth-order valence-corrected chi connectivity index (χ4v) is 4.22. The molecule has 0 saturated heterocycles. The summed E-state index contributed by atoms with van der Waals surface area (Å²) in [5.74, 6) is 0.438. The van der Waals surface area contributed by atoms with E-state index in [4.69, 9.17) is 0 Å². The number of Topliss-reactive ketones (excluding diaryl/α,β-unsaturated/α-hetero) is 2. The van der Waals surface area contributed by atoms with Crippen LogP contribution in [0.3, 0.4) is 0 Å². The van der Waals surface area contributed by atoms with E-state index in [0.717, 1.165) is 16.7 Å². The van der Waals surface area contributed by atoms with Gasteiger partial charge in [-0.15, -0.1) is 0 Å². The molecule has 1 aromatic rings. The average Bonchev–Trinajstić information content (AvgIpc) is 3.10. The van der Waals surface area contributed by atoms with Crippen molar-refractivity contribution in [1.82, 2.24) is 0 Å². The summed E-state index contributed by atoms with van der Waals surface area (Å²) in [6.07, 6.45) is 4.22. The molecule has 1 saturated carbocycles. The van der Waals surface area contributed by atoms with Crippen molar-refractivity contribution in [3.8, 4) is 0 Å². The average molecular weight is 351 g/mol. The van der Waals surface area contributed by atoms with Gasteiger partial charge in [-0.05, 0) is 16.7 Å². The Bertz CT molecular complexity index is 776. The topological polar surface area (TPSA) is 34.1 Å². The predicted molar refractivity (Wildman–Crippen MR) is 106 cm³/mol. The van der Waals surface area contributed by atoms with Crippen molar-refractivity contribution in [1.29, 1.82) is 0 Å². The molecule has 0 unspecified atom stereocenters. The fraction of sp³-hybridized carbons (Fsp3) is 0.500. The third-order valence-electron chi connectivity index (χ3n) is 5.95.